The average molecular weight is 609 g/mol. The zero-order chi connectivity index (χ0) is 31.2. The molecule has 8 heteroatoms. The fourth-order valence-corrected chi connectivity index (χ4v) is 11.7. The quantitative estimate of drug-likeness (QED) is 0.348. The third-order valence-corrected chi connectivity index (χ3v) is 13.9. The van der Waals surface area contributed by atoms with Gasteiger partial charge in [0, 0.05) is 19.4 Å². The molecule has 2 saturated heterocycles. The number of hydrogen-bond acceptors (Lipinski definition) is 8. The van der Waals surface area contributed by atoms with E-state index in [0.717, 1.165) is 44.9 Å². The highest BCUT2D eigenvalue weighted by molar-refractivity contribution is 5.17. The molecule has 2 aliphatic heterocycles. The van der Waals surface area contributed by atoms with E-state index in [2.05, 4.69) is 34.6 Å². The predicted octanol–water partition coefficient (Wildman–Crippen LogP) is 5.52. The minimum atomic E-state index is -1.30. The van der Waals surface area contributed by atoms with Crippen LogP contribution in [0.3, 0.4) is 0 Å². The fourth-order valence-electron chi connectivity index (χ4n) is 11.7. The van der Waals surface area contributed by atoms with E-state index >= 15 is 0 Å². The molecule has 0 bridgehead atoms. The van der Waals surface area contributed by atoms with E-state index in [4.69, 9.17) is 28.4 Å². The van der Waals surface area contributed by atoms with Crippen molar-refractivity contribution in [1.29, 1.82) is 0 Å². The zero-order valence-corrected chi connectivity index (χ0v) is 28.3. The maximum absolute atomic E-state index is 12.3. The Bertz CT molecular complexity index is 1010. The zero-order valence-electron chi connectivity index (χ0n) is 28.3. The molecule has 0 radical (unpaired) electrons. The third kappa shape index (κ3) is 5.08. The van der Waals surface area contributed by atoms with Crippen LogP contribution in [0.25, 0.3) is 0 Å². The van der Waals surface area contributed by atoms with E-state index in [1.165, 1.54) is 0 Å². The van der Waals surface area contributed by atoms with Crippen molar-refractivity contribution in [3.05, 3.63) is 0 Å². The van der Waals surface area contributed by atoms with Crippen molar-refractivity contribution in [2.75, 3.05) is 27.1 Å². The van der Waals surface area contributed by atoms with E-state index in [0.29, 0.717) is 36.9 Å². The topological polar surface area (TPSA) is 95.8 Å². The molecule has 2 N–H and O–H groups in total. The van der Waals surface area contributed by atoms with Crippen molar-refractivity contribution in [2.24, 2.45) is 52.3 Å². The van der Waals surface area contributed by atoms with Gasteiger partial charge in [-0.1, -0.05) is 34.6 Å². The van der Waals surface area contributed by atoms with Crippen LogP contribution in [0.4, 0.5) is 0 Å². The molecule has 248 valence electrons. The van der Waals surface area contributed by atoms with Gasteiger partial charge in [-0.3, -0.25) is 0 Å². The molecule has 0 aromatic heterocycles. The number of ether oxygens (including phenoxy) is 6. The summed E-state index contributed by atoms with van der Waals surface area (Å²) in [6, 6.07) is 0. The highest BCUT2D eigenvalue weighted by Crippen LogP contribution is 2.71. The van der Waals surface area contributed by atoms with Crippen LogP contribution in [0.1, 0.15) is 100 Å². The van der Waals surface area contributed by atoms with Gasteiger partial charge < -0.3 is 38.6 Å². The van der Waals surface area contributed by atoms with Crippen molar-refractivity contribution in [2.45, 2.75) is 142 Å². The van der Waals surface area contributed by atoms with Crippen molar-refractivity contribution in [1.82, 2.24) is 0 Å². The van der Waals surface area contributed by atoms with Gasteiger partial charge in [0.15, 0.2) is 11.6 Å². The molecular formula is C35H60O8. The van der Waals surface area contributed by atoms with Crippen LogP contribution < -0.4 is 0 Å². The molecule has 8 nitrogen and oxygen atoms in total. The van der Waals surface area contributed by atoms with Crippen LogP contribution in [0.2, 0.25) is 0 Å². The second-order valence-corrected chi connectivity index (χ2v) is 16.8. The third-order valence-electron chi connectivity index (χ3n) is 13.9. The second kappa shape index (κ2) is 11.1. The summed E-state index contributed by atoms with van der Waals surface area (Å²) in [7, 11) is 1.60. The second-order valence-electron chi connectivity index (χ2n) is 16.8. The lowest BCUT2D eigenvalue weighted by Gasteiger charge is -2.65. The standard InChI is InChI=1S/C35H60O8/c1-20(2)21(3)29(39-19-38-9)30(36)34(8,37)27-11-10-23-22-17-35(40-14-15-41-35)28-16-25-26(43-31(4,5)42-25)18-33(28,7)24(22)12-13-32(23,27)6/h20-30,36-37H,10-19H2,1-9H3/t21-,22-,23-,24-,25-,26+,27-,28-,29+,30-,32-,33+,34+/m0/s1. The van der Waals surface area contributed by atoms with Gasteiger partial charge in [-0.25, -0.2) is 0 Å². The van der Waals surface area contributed by atoms with Crippen molar-refractivity contribution in [3.8, 4) is 0 Å². The van der Waals surface area contributed by atoms with Gasteiger partial charge in [-0.15, -0.1) is 0 Å². The summed E-state index contributed by atoms with van der Waals surface area (Å²) in [5.41, 5.74) is -1.38. The Labute approximate surface area is 259 Å². The first-order chi connectivity index (χ1) is 20.1. The molecule has 6 aliphatic rings. The van der Waals surface area contributed by atoms with E-state index in [1.54, 1.807) is 7.11 Å². The first-order valence-corrected chi connectivity index (χ1v) is 17.2. The van der Waals surface area contributed by atoms with Crippen molar-refractivity contribution >= 4 is 0 Å². The van der Waals surface area contributed by atoms with Crippen LogP contribution in [0.5, 0.6) is 0 Å². The Morgan fingerprint density at radius 1 is 0.907 bits per heavy atom. The molecule has 0 aromatic carbocycles. The summed E-state index contributed by atoms with van der Waals surface area (Å²) in [4.78, 5) is 0. The predicted molar refractivity (Wildman–Crippen MR) is 162 cm³/mol. The molecule has 2 heterocycles. The first-order valence-electron chi connectivity index (χ1n) is 17.2. The summed E-state index contributed by atoms with van der Waals surface area (Å²) >= 11 is 0. The van der Waals surface area contributed by atoms with Crippen molar-refractivity contribution in [3.63, 3.8) is 0 Å². The Hall–Kier alpha value is -0.320. The lowest BCUT2D eigenvalue weighted by molar-refractivity contribution is -0.302. The van der Waals surface area contributed by atoms with Crippen LogP contribution in [-0.2, 0) is 28.4 Å². The molecule has 43 heavy (non-hydrogen) atoms. The van der Waals surface area contributed by atoms with Crippen LogP contribution in [-0.4, -0.2) is 78.9 Å². The smallest absolute Gasteiger partial charge is 0.172 e. The summed E-state index contributed by atoms with van der Waals surface area (Å²) in [5, 5.41) is 24.2. The molecule has 0 aromatic rings. The minimum absolute atomic E-state index is 0.0193. The van der Waals surface area contributed by atoms with Gasteiger partial charge >= 0.3 is 0 Å². The number of methoxy groups -OCH3 is 1. The number of aliphatic hydroxyl groups excluding tert-OH is 1. The highest BCUT2D eigenvalue weighted by Gasteiger charge is 2.71. The molecule has 6 fully saturated rings. The number of hydrogen-bond donors (Lipinski definition) is 2. The molecule has 0 amide bonds. The van der Waals surface area contributed by atoms with Gasteiger partial charge in [0.2, 0.25) is 0 Å². The molecule has 0 unspecified atom stereocenters. The van der Waals surface area contributed by atoms with Gasteiger partial charge in [-0.2, -0.15) is 0 Å². The van der Waals surface area contributed by atoms with E-state index in [9.17, 15) is 10.2 Å². The molecule has 4 aliphatic carbocycles. The molecule has 1 spiro atoms. The number of fused-ring (bicyclic) bond motifs is 7. The van der Waals surface area contributed by atoms with Crippen LogP contribution in [0.15, 0.2) is 0 Å². The van der Waals surface area contributed by atoms with Gasteiger partial charge in [0.25, 0.3) is 0 Å². The average Bonchev–Trinajstić information content (AvgIpc) is 3.62. The maximum atomic E-state index is 12.3. The van der Waals surface area contributed by atoms with Gasteiger partial charge in [-0.05, 0) is 106 Å². The normalized spacial score (nSPS) is 46.5. The number of rotatable bonds is 8. The largest absolute Gasteiger partial charge is 0.387 e. The summed E-state index contributed by atoms with van der Waals surface area (Å²) in [5.74, 6) is 0.836. The first kappa shape index (κ1) is 32.6. The molecule has 4 saturated carbocycles. The Balaban J connectivity index is 1.29. The highest BCUT2D eigenvalue weighted by atomic mass is 16.8. The lowest BCUT2D eigenvalue weighted by Crippen LogP contribution is -2.66. The van der Waals surface area contributed by atoms with Gasteiger partial charge in [0.05, 0.1) is 37.1 Å². The Morgan fingerprint density at radius 3 is 2.21 bits per heavy atom. The Morgan fingerprint density at radius 2 is 1.56 bits per heavy atom. The van der Waals surface area contributed by atoms with Crippen LogP contribution >= 0.6 is 0 Å². The Kier molecular flexibility index (Phi) is 8.45. The van der Waals surface area contributed by atoms with E-state index < -0.39 is 29.4 Å². The molecular weight excluding hydrogens is 548 g/mol. The molecule has 13 atom stereocenters. The van der Waals surface area contributed by atoms with E-state index in [-0.39, 0.29) is 47.6 Å². The van der Waals surface area contributed by atoms with Crippen LogP contribution in [0, 0.1) is 52.3 Å². The fraction of sp³-hybridized carbons (Fsp3) is 1.00. The monoisotopic (exact) mass is 608 g/mol. The summed E-state index contributed by atoms with van der Waals surface area (Å²) in [6.07, 6.45) is 5.53. The van der Waals surface area contributed by atoms with Gasteiger partial charge in [0.1, 0.15) is 12.9 Å². The summed E-state index contributed by atoms with van der Waals surface area (Å²) < 4.78 is 37.5. The maximum Gasteiger partial charge on any atom is 0.172 e. The minimum Gasteiger partial charge on any atom is -0.387 e. The molecule has 6 rings (SSSR count). The summed E-state index contributed by atoms with van der Waals surface area (Å²) in [6.45, 7) is 18.6. The lowest BCUT2D eigenvalue weighted by atomic mass is 9.42. The van der Waals surface area contributed by atoms with Crippen molar-refractivity contribution < 1.29 is 38.6 Å². The van der Waals surface area contributed by atoms with E-state index in [1.807, 2.05) is 20.8 Å². The SMILES string of the molecule is COCO[C@H]([C@@H](C)C(C)C)[C@H](O)[C@](C)(O)[C@H]1CC[C@H]2[C@@H]3CC4(OCCO4)[C@H]4C[C@@H]5OC(C)(C)O[C@@H]5C[C@]4(C)[C@H]3CC[C@]12C. The number of aliphatic hydroxyl groups is 2.